The first-order chi connectivity index (χ1) is 9.04. The number of carbonyl (C=O) groups is 1. The molecule has 0 aliphatic rings. The van der Waals surface area contributed by atoms with E-state index in [1.54, 1.807) is 36.1 Å². The predicted octanol–water partition coefficient (Wildman–Crippen LogP) is 2.05. The Hall–Kier alpha value is -2.17. The van der Waals surface area contributed by atoms with Crippen LogP contribution in [0, 0.1) is 11.7 Å². The first-order valence-corrected chi connectivity index (χ1v) is 6.00. The normalized spacial score (nSPS) is 12.3. The lowest BCUT2D eigenvalue weighted by atomic mass is 9.95. The highest BCUT2D eigenvalue weighted by atomic mass is 19.1. The Balaban J connectivity index is 2.08. The van der Waals surface area contributed by atoms with E-state index in [4.69, 9.17) is 0 Å². The van der Waals surface area contributed by atoms with E-state index in [1.807, 2.05) is 0 Å². The second kappa shape index (κ2) is 5.65. The van der Waals surface area contributed by atoms with Gasteiger partial charge in [-0.15, -0.1) is 0 Å². The van der Waals surface area contributed by atoms with Crippen molar-refractivity contribution in [2.45, 2.75) is 12.8 Å². The van der Waals surface area contributed by atoms with E-state index in [0.717, 1.165) is 11.3 Å². The standard InChI is InChI=1S/C14H15FN2O2/c1-17-7-6-13(16-17)9-11(14(18)19)8-10-2-4-12(15)5-3-10/h2-7,11H,8-9H2,1H3,(H,18,19). The molecule has 0 radical (unpaired) electrons. The van der Waals surface area contributed by atoms with Crippen molar-refractivity contribution in [1.29, 1.82) is 0 Å². The van der Waals surface area contributed by atoms with Crippen LogP contribution in [0.2, 0.25) is 0 Å². The number of nitrogens with zero attached hydrogens (tertiary/aromatic N) is 2. The number of aromatic nitrogens is 2. The molecule has 0 saturated carbocycles. The van der Waals surface area contributed by atoms with Crippen LogP contribution in [0.4, 0.5) is 4.39 Å². The Bertz CT molecular complexity index is 563. The maximum Gasteiger partial charge on any atom is 0.307 e. The number of carboxylic acids is 1. The van der Waals surface area contributed by atoms with Gasteiger partial charge < -0.3 is 5.11 Å². The van der Waals surface area contributed by atoms with Crippen LogP contribution in [0.25, 0.3) is 0 Å². The van der Waals surface area contributed by atoms with Crippen molar-refractivity contribution in [2.75, 3.05) is 0 Å². The molecule has 1 aromatic heterocycles. The van der Waals surface area contributed by atoms with E-state index in [9.17, 15) is 14.3 Å². The summed E-state index contributed by atoms with van der Waals surface area (Å²) in [5.74, 6) is -1.74. The third kappa shape index (κ3) is 3.64. The third-order valence-electron chi connectivity index (χ3n) is 2.97. The molecule has 1 N–H and O–H groups in total. The van der Waals surface area contributed by atoms with Gasteiger partial charge in [0.25, 0.3) is 0 Å². The molecule has 19 heavy (non-hydrogen) atoms. The Labute approximate surface area is 110 Å². The van der Waals surface area contributed by atoms with Gasteiger partial charge in [0.15, 0.2) is 0 Å². The smallest absolute Gasteiger partial charge is 0.307 e. The molecule has 100 valence electrons. The van der Waals surface area contributed by atoms with Crippen LogP contribution in [0.1, 0.15) is 11.3 Å². The second-order valence-corrected chi connectivity index (χ2v) is 4.55. The maximum absolute atomic E-state index is 12.8. The fraction of sp³-hybridized carbons (Fsp3) is 0.286. The van der Waals surface area contributed by atoms with E-state index in [2.05, 4.69) is 5.10 Å². The number of carboxylic acid groups (broad SMARTS) is 1. The SMILES string of the molecule is Cn1ccc(CC(Cc2ccc(F)cc2)C(=O)O)n1. The number of benzene rings is 1. The van der Waals surface area contributed by atoms with Gasteiger partial charge in [0, 0.05) is 19.7 Å². The molecule has 0 fully saturated rings. The number of aryl methyl sites for hydroxylation is 1. The summed E-state index contributed by atoms with van der Waals surface area (Å²) in [4.78, 5) is 11.3. The summed E-state index contributed by atoms with van der Waals surface area (Å²) >= 11 is 0. The first-order valence-electron chi connectivity index (χ1n) is 6.00. The second-order valence-electron chi connectivity index (χ2n) is 4.55. The largest absolute Gasteiger partial charge is 0.481 e. The molecule has 1 atom stereocenters. The van der Waals surface area contributed by atoms with Gasteiger partial charge in [-0.1, -0.05) is 12.1 Å². The quantitative estimate of drug-likeness (QED) is 0.897. The van der Waals surface area contributed by atoms with Crippen LogP contribution in [0.5, 0.6) is 0 Å². The van der Waals surface area contributed by atoms with E-state index >= 15 is 0 Å². The average molecular weight is 262 g/mol. The molecule has 0 bridgehead atoms. The molecule has 2 aromatic rings. The van der Waals surface area contributed by atoms with Gasteiger partial charge in [-0.2, -0.15) is 5.10 Å². The summed E-state index contributed by atoms with van der Waals surface area (Å²) in [7, 11) is 1.79. The van der Waals surface area contributed by atoms with Crippen molar-refractivity contribution in [3.05, 3.63) is 53.6 Å². The Morgan fingerprint density at radius 1 is 1.32 bits per heavy atom. The number of rotatable bonds is 5. The Morgan fingerprint density at radius 2 is 2.00 bits per heavy atom. The summed E-state index contributed by atoms with van der Waals surface area (Å²) < 4.78 is 14.4. The maximum atomic E-state index is 12.8. The fourth-order valence-corrected chi connectivity index (χ4v) is 1.98. The zero-order valence-corrected chi connectivity index (χ0v) is 10.6. The van der Waals surface area contributed by atoms with Crippen molar-refractivity contribution >= 4 is 5.97 Å². The van der Waals surface area contributed by atoms with Gasteiger partial charge in [0.1, 0.15) is 5.82 Å². The highest BCUT2D eigenvalue weighted by Gasteiger charge is 2.19. The summed E-state index contributed by atoms with van der Waals surface area (Å²) in [5, 5.41) is 13.4. The lowest BCUT2D eigenvalue weighted by Crippen LogP contribution is -2.19. The zero-order valence-electron chi connectivity index (χ0n) is 10.6. The Morgan fingerprint density at radius 3 is 2.53 bits per heavy atom. The minimum atomic E-state index is -0.866. The van der Waals surface area contributed by atoms with Gasteiger partial charge in [0.2, 0.25) is 0 Å². The molecular weight excluding hydrogens is 247 g/mol. The van der Waals surface area contributed by atoms with E-state index in [1.165, 1.54) is 12.1 Å². The predicted molar refractivity (Wildman–Crippen MR) is 68.1 cm³/mol. The first kappa shape index (κ1) is 13.3. The van der Waals surface area contributed by atoms with E-state index < -0.39 is 11.9 Å². The topological polar surface area (TPSA) is 55.1 Å². The van der Waals surface area contributed by atoms with Crippen LogP contribution >= 0.6 is 0 Å². The third-order valence-corrected chi connectivity index (χ3v) is 2.97. The van der Waals surface area contributed by atoms with Gasteiger partial charge in [0.05, 0.1) is 11.6 Å². The molecule has 0 spiro atoms. The fourth-order valence-electron chi connectivity index (χ4n) is 1.98. The van der Waals surface area contributed by atoms with Crippen molar-refractivity contribution in [3.63, 3.8) is 0 Å². The molecule has 0 amide bonds. The minimum Gasteiger partial charge on any atom is -0.481 e. The van der Waals surface area contributed by atoms with Crippen molar-refractivity contribution in [2.24, 2.45) is 13.0 Å². The van der Waals surface area contributed by atoms with Gasteiger partial charge in [-0.25, -0.2) is 4.39 Å². The number of aliphatic carboxylic acids is 1. The highest BCUT2D eigenvalue weighted by molar-refractivity contribution is 5.70. The molecule has 0 saturated heterocycles. The molecule has 4 nitrogen and oxygen atoms in total. The molecule has 2 rings (SSSR count). The Kier molecular flexibility index (Phi) is 3.94. The molecule has 5 heteroatoms. The molecule has 0 aliphatic heterocycles. The van der Waals surface area contributed by atoms with E-state index in [-0.39, 0.29) is 5.82 Å². The van der Waals surface area contributed by atoms with Crippen molar-refractivity contribution < 1.29 is 14.3 Å². The van der Waals surface area contributed by atoms with Crippen molar-refractivity contribution in [3.8, 4) is 0 Å². The van der Waals surface area contributed by atoms with Gasteiger partial charge in [-0.3, -0.25) is 9.48 Å². The van der Waals surface area contributed by atoms with Gasteiger partial charge >= 0.3 is 5.97 Å². The van der Waals surface area contributed by atoms with Crippen LogP contribution in [-0.2, 0) is 24.7 Å². The van der Waals surface area contributed by atoms with Crippen LogP contribution < -0.4 is 0 Å². The van der Waals surface area contributed by atoms with Crippen LogP contribution in [0.15, 0.2) is 36.5 Å². The molecule has 1 unspecified atom stereocenters. The summed E-state index contributed by atoms with van der Waals surface area (Å²) in [6, 6.07) is 7.72. The zero-order chi connectivity index (χ0) is 13.8. The lowest BCUT2D eigenvalue weighted by Gasteiger charge is -2.10. The number of hydrogen-bond acceptors (Lipinski definition) is 2. The molecule has 1 heterocycles. The van der Waals surface area contributed by atoms with E-state index in [0.29, 0.717) is 12.8 Å². The molecule has 0 aliphatic carbocycles. The monoisotopic (exact) mass is 262 g/mol. The van der Waals surface area contributed by atoms with Crippen LogP contribution in [-0.4, -0.2) is 20.9 Å². The number of hydrogen-bond donors (Lipinski definition) is 1. The van der Waals surface area contributed by atoms with Gasteiger partial charge in [-0.05, 0) is 30.2 Å². The lowest BCUT2D eigenvalue weighted by molar-refractivity contribution is -0.141. The average Bonchev–Trinajstić information content (AvgIpc) is 2.76. The minimum absolute atomic E-state index is 0.319. The molecular formula is C14H15FN2O2. The van der Waals surface area contributed by atoms with Crippen LogP contribution in [0.3, 0.4) is 0 Å². The summed E-state index contributed by atoms with van der Waals surface area (Å²) in [6.07, 6.45) is 2.52. The highest BCUT2D eigenvalue weighted by Crippen LogP contribution is 2.15. The van der Waals surface area contributed by atoms with Crippen molar-refractivity contribution in [1.82, 2.24) is 9.78 Å². The summed E-state index contributed by atoms with van der Waals surface area (Å²) in [6.45, 7) is 0. The number of halogens is 1. The molecule has 1 aromatic carbocycles. The summed E-state index contributed by atoms with van der Waals surface area (Å²) in [5.41, 5.74) is 1.56.